The predicted molar refractivity (Wildman–Crippen MR) is 106 cm³/mol. The Hall–Kier alpha value is -1.66. The summed E-state index contributed by atoms with van der Waals surface area (Å²) in [4.78, 5) is 21.5. The Balaban J connectivity index is 1.23. The maximum atomic E-state index is 12.5. The zero-order chi connectivity index (χ0) is 18.5. The minimum atomic E-state index is 0.0521. The second-order valence-corrected chi connectivity index (χ2v) is 8.16. The highest BCUT2D eigenvalue weighted by Crippen LogP contribution is 2.27. The molecule has 4 rings (SSSR count). The number of morpholine rings is 1. The van der Waals surface area contributed by atoms with Crippen LogP contribution in [0, 0.1) is 5.92 Å². The SMILES string of the molecule is O=C(c1ccc(NCC2CCN(C3CCCCC3)C2)nc1)N1CCOCC1. The summed E-state index contributed by atoms with van der Waals surface area (Å²) in [6.45, 7) is 6.00. The van der Waals surface area contributed by atoms with Crippen molar-refractivity contribution in [2.45, 2.75) is 44.6 Å². The maximum absolute atomic E-state index is 12.5. The van der Waals surface area contributed by atoms with E-state index in [9.17, 15) is 4.79 Å². The molecule has 1 aromatic heterocycles. The molecule has 1 N–H and O–H groups in total. The van der Waals surface area contributed by atoms with Gasteiger partial charge in [0, 0.05) is 38.4 Å². The first-order valence-corrected chi connectivity index (χ1v) is 10.6. The molecule has 0 radical (unpaired) electrons. The lowest BCUT2D eigenvalue weighted by Crippen LogP contribution is -2.40. The third-order valence-electron chi connectivity index (χ3n) is 6.29. The second kappa shape index (κ2) is 9.02. The fourth-order valence-corrected chi connectivity index (χ4v) is 4.63. The average molecular weight is 373 g/mol. The van der Waals surface area contributed by atoms with Crippen LogP contribution in [0.5, 0.6) is 0 Å². The summed E-state index contributed by atoms with van der Waals surface area (Å²) in [7, 11) is 0. The average Bonchev–Trinajstić information content (AvgIpc) is 3.22. The number of aromatic nitrogens is 1. The lowest BCUT2D eigenvalue weighted by molar-refractivity contribution is 0.0302. The molecule has 3 fully saturated rings. The van der Waals surface area contributed by atoms with Crippen molar-refractivity contribution >= 4 is 11.7 Å². The van der Waals surface area contributed by atoms with Gasteiger partial charge in [-0.15, -0.1) is 0 Å². The van der Waals surface area contributed by atoms with Gasteiger partial charge in [-0.1, -0.05) is 19.3 Å². The highest BCUT2D eigenvalue weighted by molar-refractivity contribution is 5.94. The van der Waals surface area contributed by atoms with Crippen LogP contribution in [0.25, 0.3) is 0 Å². The summed E-state index contributed by atoms with van der Waals surface area (Å²) in [5, 5.41) is 3.47. The van der Waals surface area contributed by atoms with Gasteiger partial charge < -0.3 is 19.9 Å². The molecule has 1 saturated carbocycles. The van der Waals surface area contributed by atoms with E-state index in [1.54, 1.807) is 6.20 Å². The van der Waals surface area contributed by atoms with Gasteiger partial charge in [-0.25, -0.2) is 4.98 Å². The van der Waals surface area contributed by atoms with Crippen molar-refractivity contribution in [2.75, 3.05) is 51.3 Å². The molecule has 148 valence electrons. The number of nitrogens with zero attached hydrogens (tertiary/aromatic N) is 3. The molecule has 1 aromatic rings. The number of rotatable bonds is 5. The van der Waals surface area contributed by atoms with Gasteiger partial charge in [-0.05, 0) is 43.9 Å². The predicted octanol–water partition coefficient (Wildman–Crippen LogP) is 2.62. The van der Waals surface area contributed by atoms with Crippen LogP contribution in [-0.4, -0.2) is 72.7 Å². The summed E-state index contributed by atoms with van der Waals surface area (Å²) in [5.74, 6) is 1.62. The van der Waals surface area contributed by atoms with E-state index in [2.05, 4.69) is 15.2 Å². The molecule has 1 aliphatic carbocycles. The van der Waals surface area contributed by atoms with E-state index >= 15 is 0 Å². The van der Waals surface area contributed by atoms with Gasteiger partial charge in [0.2, 0.25) is 0 Å². The fourth-order valence-electron chi connectivity index (χ4n) is 4.63. The van der Waals surface area contributed by atoms with Crippen LogP contribution < -0.4 is 5.32 Å². The van der Waals surface area contributed by atoms with Gasteiger partial charge >= 0.3 is 0 Å². The summed E-state index contributed by atoms with van der Waals surface area (Å²) in [5.41, 5.74) is 0.659. The third kappa shape index (κ3) is 4.79. The number of hydrogen-bond donors (Lipinski definition) is 1. The normalized spacial score (nSPS) is 24.9. The third-order valence-corrected chi connectivity index (χ3v) is 6.29. The number of anilines is 1. The summed E-state index contributed by atoms with van der Waals surface area (Å²) < 4.78 is 5.31. The molecule has 1 atom stereocenters. The molecule has 1 unspecified atom stereocenters. The molecule has 3 aliphatic rings. The van der Waals surface area contributed by atoms with Crippen molar-refractivity contribution in [1.82, 2.24) is 14.8 Å². The van der Waals surface area contributed by atoms with Crippen LogP contribution >= 0.6 is 0 Å². The number of likely N-dealkylation sites (tertiary alicyclic amines) is 1. The topological polar surface area (TPSA) is 57.7 Å². The molecule has 0 aromatic carbocycles. The van der Waals surface area contributed by atoms with Crippen molar-refractivity contribution < 1.29 is 9.53 Å². The van der Waals surface area contributed by atoms with Crippen molar-refractivity contribution in [3.05, 3.63) is 23.9 Å². The number of ether oxygens (including phenoxy) is 1. The van der Waals surface area contributed by atoms with Gasteiger partial charge in [-0.2, -0.15) is 0 Å². The van der Waals surface area contributed by atoms with Gasteiger partial charge in [0.15, 0.2) is 0 Å². The Labute approximate surface area is 162 Å². The Kier molecular flexibility index (Phi) is 6.24. The number of carbonyl (C=O) groups excluding carboxylic acids is 1. The van der Waals surface area contributed by atoms with E-state index in [1.807, 2.05) is 17.0 Å². The molecule has 6 nitrogen and oxygen atoms in total. The fraction of sp³-hybridized carbons (Fsp3) is 0.714. The van der Waals surface area contributed by atoms with Crippen LogP contribution in [-0.2, 0) is 4.74 Å². The van der Waals surface area contributed by atoms with Crippen LogP contribution in [0.1, 0.15) is 48.9 Å². The zero-order valence-electron chi connectivity index (χ0n) is 16.2. The van der Waals surface area contributed by atoms with Gasteiger partial charge in [-0.3, -0.25) is 4.79 Å². The van der Waals surface area contributed by atoms with E-state index in [4.69, 9.17) is 4.74 Å². The van der Waals surface area contributed by atoms with Crippen LogP contribution in [0.15, 0.2) is 18.3 Å². The lowest BCUT2D eigenvalue weighted by Gasteiger charge is -2.31. The molecule has 2 aliphatic heterocycles. The molecular weight excluding hydrogens is 340 g/mol. The van der Waals surface area contributed by atoms with E-state index in [-0.39, 0.29) is 5.91 Å². The molecule has 2 saturated heterocycles. The van der Waals surface area contributed by atoms with Crippen molar-refractivity contribution in [3.8, 4) is 0 Å². The zero-order valence-corrected chi connectivity index (χ0v) is 16.2. The Morgan fingerprint density at radius 3 is 2.67 bits per heavy atom. The Bertz CT molecular complexity index is 609. The van der Waals surface area contributed by atoms with Crippen LogP contribution in [0.4, 0.5) is 5.82 Å². The number of nitrogens with one attached hydrogen (secondary N) is 1. The van der Waals surface area contributed by atoms with E-state index < -0.39 is 0 Å². The highest BCUT2D eigenvalue weighted by Gasteiger charge is 2.28. The Morgan fingerprint density at radius 1 is 1.11 bits per heavy atom. The molecule has 27 heavy (non-hydrogen) atoms. The standard InChI is InChI=1S/C21H32N4O2/c26-21(24-10-12-27-13-11-24)18-6-7-20(23-15-18)22-14-17-8-9-25(16-17)19-4-2-1-3-5-19/h6-7,15,17,19H,1-5,8-14,16H2,(H,22,23). The minimum Gasteiger partial charge on any atom is -0.378 e. The first-order chi connectivity index (χ1) is 13.3. The first-order valence-electron chi connectivity index (χ1n) is 10.6. The van der Waals surface area contributed by atoms with Gasteiger partial charge in [0.25, 0.3) is 5.91 Å². The van der Waals surface area contributed by atoms with Crippen molar-refractivity contribution in [1.29, 1.82) is 0 Å². The van der Waals surface area contributed by atoms with E-state index in [0.29, 0.717) is 37.8 Å². The molecule has 6 heteroatoms. The smallest absolute Gasteiger partial charge is 0.255 e. The molecule has 0 bridgehead atoms. The minimum absolute atomic E-state index is 0.0521. The van der Waals surface area contributed by atoms with E-state index in [0.717, 1.165) is 18.4 Å². The first kappa shape index (κ1) is 18.7. The Morgan fingerprint density at radius 2 is 1.93 bits per heavy atom. The van der Waals surface area contributed by atoms with Crippen molar-refractivity contribution in [2.24, 2.45) is 5.92 Å². The summed E-state index contributed by atoms with van der Waals surface area (Å²) >= 11 is 0. The maximum Gasteiger partial charge on any atom is 0.255 e. The highest BCUT2D eigenvalue weighted by atomic mass is 16.5. The lowest BCUT2D eigenvalue weighted by atomic mass is 9.94. The van der Waals surface area contributed by atoms with Crippen LogP contribution in [0.2, 0.25) is 0 Å². The largest absolute Gasteiger partial charge is 0.378 e. The number of hydrogen-bond acceptors (Lipinski definition) is 5. The number of pyridine rings is 1. The second-order valence-electron chi connectivity index (χ2n) is 8.16. The number of carbonyl (C=O) groups is 1. The molecule has 1 amide bonds. The van der Waals surface area contributed by atoms with Crippen LogP contribution in [0.3, 0.4) is 0 Å². The molecule has 0 spiro atoms. The van der Waals surface area contributed by atoms with Gasteiger partial charge in [0.1, 0.15) is 5.82 Å². The number of amides is 1. The van der Waals surface area contributed by atoms with E-state index in [1.165, 1.54) is 51.6 Å². The van der Waals surface area contributed by atoms with Gasteiger partial charge in [0.05, 0.1) is 18.8 Å². The quantitative estimate of drug-likeness (QED) is 0.861. The van der Waals surface area contributed by atoms with Crippen molar-refractivity contribution in [3.63, 3.8) is 0 Å². The summed E-state index contributed by atoms with van der Waals surface area (Å²) in [6.07, 6.45) is 9.99. The molecular formula is C21H32N4O2. The monoisotopic (exact) mass is 372 g/mol. The molecule has 3 heterocycles. The summed E-state index contributed by atoms with van der Waals surface area (Å²) in [6, 6.07) is 4.64.